The molecule has 0 radical (unpaired) electrons. The number of rotatable bonds is 8. The number of hydrogen-bond acceptors (Lipinski definition) is 5. The second-order valence-electron chi connectivity index (χ2n) is 7.53. The SMILES string of the molecule is COc1ccc(CCN2CCC(C(=O)c3ccc(NS(C)(=O)=O)cc3)CC2)cc1. The molecule has 1 aliphatic heterocycles. The summed E-state index contributed by atoms with van der Waals surface area (Å²) in [7, 11) is -1.64. The average molecular weight is 417 g/mol. The van der Waals surface area contributed by atoms with Crippen LogP contribution in [0, 0.1) is 5.92 Å². The van der Waals surface area contributed by atoms with E-state index in [4.69, 9.17) is 4.74 Å². The van der Waals surface area contributed by atoms with Crippen molar-refractivity contribution in [3.63, 3.8) is 0 Å². The molecule has 0 amide bonds. The summed E-state index contributed by atoms with van der Waals surface area (Å²) in [5.74, 6) is 1.04. The Labute approximate surface area is 172 Å². The van der Waals surface area contributed by atoms with Crippen LogP contribution in [-0.4, -0.2) is 52.1 Å². The molecule has 1 aliphatic rings. The van der Waals surface area contributed by atoms with Gasteiger partial charge >= 0.3 is 0 Å². The molecule has 1 saturated heterocycles. The molecule has 1 N–H and O–H groups in total. The molecule has 0 atom stereocenters. The zero-order valence-electron chi connectivity index (χ0n) is 16.9. The maximum Gasteiger partial charge on any atom is 0.229 e. The molecule has 1 fully saturated rings. The summed E-state index contributed by atoms with van der Waals surface area (Å²) in [4.78, 5) is 15.2. The lowest BCUT2D eigenvalue weighted by Crippen LogP contribution is -2.37. The first kappa shape index (κ1) is 21.3. The van der Waals surface area contributed by atoms with E-state index in [1.54, 1.807) is 31.4 Å². The van der Waals surface area contributed by atoms with Gasteiger partial charge in [-0.3, -0.25) is 9.52 Å². The topological polar surface area (TPSA) is 75.7 Å². The van der Waals surface area contributed by atoms with Crippen LogP contribution >= 0.6 is 0 Å². The summed E-state index contributed by atoms with van der Waals surface area (Å²) in [6, 6.07) is 14.8. The number of nitrogens with one attached hydrogen (secondary N) is 1. The number of sulfonamides is 1. The predicted octanol–water partition coefficient (Wildman–Crippen LogP) is 3.20. The number of carbonyl (C=O) groups is 1. The molecule has 0 bridgehead atoms. The van der Waals surface area contributed by atoms with Crippen LogP contribution in [0.1, 0.15) is 28.8 Å². The van der Waals surface area contributed by atoms with Gasteiger partial charge in [0.05, 0.1) is 13.4 Å². The number of nitrogens with zero attached hydrogens (tertiary/aromatic N) is 1. The summed E-state index contributed by atoms with van der Waals surface area (Å²) in [6.07, 6.45) is 3.79. The minimum absolute atomic E-state index is 0.0287. The van der Waals surface area contributed by atoms with Crippen molar-refractivity contribution >= 4 is 21.5 Å². The monoisotopic (exact) mass is 416 g/mol. The van der Waals surface area contributed by atoms with E-state index < -0.39 is 10.0 Å². The molecule has 29 heavy (non-hydrogen) atoms. The molecule has 2 aromatic rings. The molecule has 3 rings (SSSR count). The highest BCUT2D eigenvalue weighted by atomic mass is 32.2. The number of likely N-dealkylation sites (tertiary alicyclic amines) is 1. The van der Waals surface area contributed by atoms with E-state index in [0.717, 1.165) is 50.9 Å². The summed E-state index contributed by atoms with van der Waals surface area (Å²) in [6.45, 7) is 2.82. The molecule has 7 heteroatoms. The minimum Gasteiger partial charge on any atom is -0.497 e. The molecule has 6 nitrogen and oxygen atoms in total. The van der Waals surface area contributed by atoms with E-state index in [1.807, 2.05) is 12.1 Å². The second-order valence-corrected chi connectivity index (χ2v) is 9.28. The highest BCUT2D eigenvalue weighted by Crippen LogP contribution is 2.23. The Kier molecular flexibility index (Phi) is 6.92. The zero-order chi connectivity index (χ0) is 20.9. The fourth-order valence-corrected chi connectivity index (χ4v) is 4.21. The van der Waals surface area contributed by atoms with Gasteiger partial charge in [0.1, 0.15) is 5.75 Å². The van der Waals surface area contributed by atoms with Crippen LogP contribution in [-0.2, 0) is 16.4 Å². The van der Waals surface area contributed by atoms with E-state index in [0.29, 0.717) is 11.3 Å². The van der Waals surface area contributed by atoms with Crippen molar-refractivity contribution in [2.45, 2.75) is 19.3 Å². The van der Waals surface area contributed by atoms with Crippen LogP contribution in [0.15, 0.2) is 48.5 Å². The van der Waals surface area contributed by atoms with Crippen LogP contribution in [0.25, 0.3) is 0 Å². The molecule has 0 unspecified atom stereocenters. The van der Waals surface area contributed by atoms with Crippen LogP contribution in [0.5, 0.6) is 5.75 Å². The minimum atomic E-state index is -3.31. The molecular formula is C22H28N2O4S. The van der Waals surface area contributed by atoms with Gasteiger partial charge in [-0.25, -0.2) is 8.42 Å². The van der Waals surface area contributed by atoms with Crippen LogP contribution < -0.4 is 9.46 Å². The lowest BCUT2D eigenvalue weighted by atomic mass is 9.88. The molecule has 1 heterocycles. The van der Waals surface area contributed by atoms with Gasteiger partial charge in [-0.05, 0) is 74.3 Å². The van der Waals surface area contributed by atoms with Gasteiger partial charge in [0.2, 0.25) is 10.0 Å². The highest BCUT2D eigenvalue weighted by Gasteiger charge is 2.25. The molecular weight excluding hydrogens is 388 g/mol. The normalized spacial score (nSPS) is 15.8. The fourth-order valence-electron chi connectivity index (χ4n) is 3.65. The number of benzene rings is 2. The van der Waals surface area contributed by atoms with Crippen molar-refractivity contribution in [3.8, 4) is 5.75 Å². The smallest absolute Gasteiger partial charge is 0.229 e. The molecule has 0 aromatic heterocycles. The van der Waals surface area contributed by atoms with Crippen molar-refractivity contribution in [2.24, 2.45) is 5.92 Å². The van der Waals surface area contributed by atoms with E-state index >= 15 is 0 Å². The maximum atomic E-state index is 12.8. The summed E-state index contributed by atoms with van der Waals surface area (Å²) in [5.41, 5.74) is 2.39. The van der Waals surface area contributed by atoms with Crippen LogP contribution in [0.4, 0.5) is 5.69 Å². The molecule has 0 aliphatic carbocycles. The van der Waals surface area contributed by atoms with Crippen LogP contribution in [0.3, 0.4) is 0 Å². The highest BCUT2D eigenvalue weighted by molar-refractivity contribution is 7.92. The number of anilines is 1. The fraction of sp³-hybridized carbons (Fsp3) is 0.409. The van der Waals surface area contributed by atoms with Gasteiger partial charge in [-0.2, -0.15) is 0 Å². The molecule has 2 aromatic carbocycles. The molecule has 156 valence electrons. The molecule has 0 spiro atoms. The predicted molar refractivity (Wildman–Crippen MR) is 115 cm³/mol. The van der Waals surface area contributed by atoms with Crippen molar-refractivity contribution in [1.29, 1.82) is 0 Å². The van der Waals surface area contributed by atoms with Crippen molar-refractivity contribution < 1.29 is 17.9 Å². The summed E-state index contributed by atoms with van der Waals surface area (Å²) >= 11 is 0. The standard InChI is InChI=1S/C22H28N2O4S/c1-28-21-9-3-17(4-10-21)11-14-24-15-12-19(13-16-24)22(25)18-5-7-20(8-6-18)23-29(2,26)27/h3-10,19,23H,11-16H2,1-2H3. The number of ether oxygens (including phenoxy) is 1. The first-order chi connectivity index (χ1) is 13.8. The number of ketones is 1. The third-order valence-electron chi connectivity index (χ3n) is 5.31. The Hall–Kier alpha value is -2.38. The Morgan fingerprint density at radius 2 is 1.69 bits per heavy atom. The van der Waals surface area contributed by atoms with E-state index in [2.05, 4.69) is 21.8 Å². The number of piperidine rings is 1. The third kappa shape index (κ3) is 6.30. The molecule has 0 saturated carbocycles. The lowest BCUT2D eigenvalue weighted by molar-refractivity contribution is 0.0841. The zero-order valence-corrected chi connectivity index (χ0v) is 17.7. The van der Waals surface area contributed by atoms with Gasteiger partial charge in [0.25, 0.3) is 0 Å². The first-order valence-electron chi connectivity index (χ1n) is 9.81. The summed E-state index contributed by atoms with van der Waals surface area (Å²) < 4.78 is 30.2. The third-order valence-corrected chi connectivity index (χ3v) is 5.91. The van der Waals surface area contributed by atoms with Crippen LogP contribution in [0.2, 0.25) is 0 Å². The van der Waals surface area contributed by atoms with Gasteiger partial charge in [-0.15, -0.1) is 0 Å². The number of carbonyl (C=O) groups excluding carboxylic acids is 1. The summed E-state index contributed by atoms with van der Waals surface area (Å²) in [5, 5.41) is 0. The Balaban J connectivity index is 1.47. The quantitative estimate of drug-likeness (QED) is 0.669. The van der Waals surface area contributed by atoms with Crippen molar-refractivity contribution in [1.82, 2.24) is 4.90 Å². The second kappa shape index (κ2) is 9.41. The number of hydrogen-bond donors (Lipinski definition) is 1. The van der Waals surface area contributed by atoms with Gasteiger partial charge in [0.15, 0.2) is 5.78 Å². The van der Waals surface area contributed by atoms with E-state index in [-0.39, 0.29) is 11.7 Å². The maximum absolute atomic E-state index is 12.8. The number of methoxy groups -OCH3 is 1. The Bertz CT molecular complexity index is 916. The Morgan fingerprint density at radius 1 is 1.07 bits per heavy atom. The average Bonchev–Trinajstić information content (AvgIpc) is 2.72. The van der Waals surface area contributed by atoms with Gasteiger partial charge in [-0.1, -0.05) is 12.1 Å². The van der Waals surface area contributed by atoms with Gasteiger partial charge in [0, 0.05) is 23.7 Å². The van der Waals surface area contributed by atoms with Gasteiger partial charge < -0.3 is 9.64 Å². The lowest BCUT2D eigenvalue weighted by Gasteiger charge is -2.31. The number of Topliss-reactive ketones (excluding diaryl/α,β-unsaturated/α-hetero) is 1. The van der Waals surface area contributed by atoms with E-state index in [9.17, 15) is 13.2 Å². The van der Waals surface area contributed by atoms with Crippen molar-refractivity contribution in [2.75, 3.05) is 37.7 Å². The Morgan fingerprint density at radius 3 is 2.24 bits per heavy atom. The largest absolute Gasteiger partial charge is 0.497 e. The van der Waals surface area contributed by atoms with E-state index in [1.165, 1.54) is 5.56 Å². The first-order valence-corrected chi connectivity index (χ1v) is 11.7. The van der Waals surface area contributed by atoms with Crippen molar-refractivity contribution in [3.05, 3.63) is 59.7 Å².